The van der Waals surface area contributed by atoms with E-state index in [2.05, 4.69) is 5.32 Å². The first-order valence-electron chi connectivity index (χ1n) is 5.79. The highest BCUT2D eigenvalue weighted by molar-refractivity contribution is 5.91. The number of aliphatic hydroxyl groups is 1. The number of amides is 1. The Bertz CT molecular complexity index is 363. The first-order valence-corrected chi connectivity index (χ1v) is 5.79. The van der Waals surface area contributed by atoms with E-state index in [1.54, 1.807) is 19.1 Å². The SMILES string of the molecule is CCOCCC(=O)Nc1ccccc1C(C)O. The molecule has 0 saturated heterocycles. The fourth-order valence-corrected chi connectivity index (χ4v) is 1.50. The lowest BCUT2D eigenvalue weighted by atomic mass is 10.1. The Morgan fingerprint density at radius 2 is 2.18 bits per heavy atom. The van der Waals surface area contributed by atoms with Crippen LogP contribution in [-0.4, -0.2) is 24.2 Å². The molecule has 0 aromatic heterocycles. The van der Waals surface area contributed by atoms with Gasteiger partial charge in [-0.3, -0.25) is 4.79 Å². The standard InChI is InChI=1S/C13H19NO3/c1-3-17-9-8-13(16)14-12-7-5-4-6-11(12)10(2)15/h4-7,10,15H,3,8-9H2,1-2H3,(H,14,16). The molecule has 0 aliphatic heterocycles. The van der Waals surface area contributed by atoms with Crippen molar-refractivity contribution in [2.45, 2.75) is 26.4 Å². The molecule has 2 N–H and O–H groups in total. The van der Waals surface area contributed by atoms with E-state index < -0.39 is 6.10 Å². The summed E-state index contributed by atoms with van der Waals surface area (Å²) in [6, 6.07) is 7.23. The number of carbonyl (C=O) groups is 1. The molecule has 4 heteroatoms. The minimum Gasteiger partial charge on any atom is -0.389 e. The summed E-state index contributed by atoms with van der Waals surface area (Å²) in [6.07, 6.45) is -0.277. The van der Waals surface area contributed by atoms with Gasteiger partial charge in [-0.25, -0.2) is 0 Å². The summed E-state index contributed by atoms with van der Waals surface area (Å²) in [4.78, 5) is 11.6. The van der Waals surface area contributed by atoms with Crippen molar-refractivity contribution in [1.29, 1.82) is 0 Å². The van der Waals surface area contributed by atoms with Gasteiger partial charge in [0, 0.05) is 17.9 Å². The second kappa shape index (κ2) is 7.04. The molecular formula is C13H19NO3. The van der Waals surface area contributed by atoms with E-state index in [1.165, 1.54) is 0 Å². The van der Waals surface area contributed by atoms with Crippen LogP contribution >= 0.6 is 0 Å². The molecule has 1 atom stereocenters. The summed E-state index contributed by atoms with van der Waals surface area (Å²) >= 11 is 0. The quantitative estimate of drug-likeness (QED) is 0.745. The van der Waals surface area contributed by atoms with Gasteiger partial charge >= 0.3 is 0 Å². The lowest BCUT2D eigenvalue weighted by Gasteiger charge is -2.12. The van der Waals surface area contributed by atoms with Gasteiger partial charge in [-0.05, 0) is 19.9 Å². The molecule has 17 heavy (non-hydrogen) atoms. The number of rotatable bonds is 6. The molecular weight excluding hydrogens is 218 g/mol. The highest BCUT2D eigenvalue weighted by atomic mass is 16.5. The maximum absolute atomic E-state index is 11.6. The van der Waals surface area contributed by atoms with Crippen LogP contribution in [0.3, 0.4) is 0 Å². The summed E-state index contributed by atoms with van der Waals surface area (Å²) in [5, 5.41) is 12.3. The second-order valence-corrected chi connectivity index (χ2v) is 3.76. The Labute approximate surface area is 102 Å². The third-order valence-corrected chi connectivity index (χ3v) is 2.36. The molecule has 0 fully saturated rings. The topological polar surface area (TPSA) is 58.6 Å². The van der Waals surface area contributed by atoms with Crippen LogP contribution in [0.1, 0.15) is 31.9 Å². The van der Waals surface area contributed by atoms with E-state index in [-0.39, 0.29) is 5.91 Å². The third kappa shape index (κ3) is 4.54. The average Bonchev–Trinajstić information content (AvgIpc) is 2.29. The second-order valence-electron chi connectivity index (χ2n) is 3.76. The predicted molar refractivity (Wildman–Crippen MR) is 66.8 cm³/mol. The lowest BCUT2D eigenvalue weighted by molar-refractivity contribution is -0.117. The summed E-state index contributed by atoms with van der Waals surface area (Å²) in [6.45, 7) is 4.59. The molecule has 0 aliphatic carbocycles. The molecule has 1 rings (SSSR count). The first-order chi connectivity index (χ1) is 8.15. The average molecular weight is 237 g/mol. The van der Waals surface area contributed by atoms with E-state index in [0.717, 1.165) is 5.56 Å². The number of hydrogen-bond acceptors (Lipinski definition) is 3. The number of ether oxygens (including phenoxy) is 1. The van der Waals surface area contributed by atoms with Crippen LogP contribution in [0.4, 0.5) is 5.69 Å². The Balaban J connectivity index is 2.58. The zero-order valence-electron chi connectivity index (χ0n) is 10.3. The Morgan fingerprint density at radius 1 is 1.47 bits per heavy atom. The van der Waals surface area contributed by atoms with Gasteiger partial charge in [0.05, 0.1) is 19.1 Å². The van der Waals surface area contributed by atoms with Crippen LogP contribution < -0.4 is 5.32 Å². The van der Waals surface area contributed by atoms with Gasteiger partial charge in [0.25, 0.3) is 0 Å². The van der Waals surface area contributed by atoms with Gasteiger partial charge in [-0.15, -0.1) is 0 Å². The maximum atomic E-state index is 11.6. The lowest BCUT2D eigenvalue weighted by Crippen LogP contribution is -2.15. The van der Waals surface area contributed by atoms with Gasteiger partial charge in [0.2, 0.25) is 5.91 Å². The number of nitrogens with one attached hydrogen (secondary N) is 1. The van der Waals surface area contributed by atoms with Crippen LogP contribution in [0, 0.1) is 0 Å². The van der Waals surface area contributed by atoms with Gasteiger partial charge in [0.15, 0.2) is 0 Å². The molecule has 0 aliphatic rings. The van der Waals surface area contributed by atoms with Crippen LogP contribution in [0.25, 0.3) is 0 Å². The summed E-state index contributed by atoms with van der Waals surface area (Å²) in [5.74, 6) is -0.105. The van der Waals surface area contributed by atoms with Crippen molar-refractivity contribution < 1.29 is 14.6 Å². The van der Waals surface area contributed by atoms with Crippen LogP contribution in [0.5, 0.6) is 0 Å². The summed E-state index contributed by atoms with van der Waals surface area (Å²) in [5.41, 5.74) is 1.38. The van der Waals surface area contributed by atoms with Crippen molar-refractivity contribution in [2.75, 3.05) is 18.5 Å². The fraction of sp³-hybridized carbons (Fsp3) is 0.462. The normalized spacial score (nSPS) is 12.2. The molecule has 0 saturated carbocycles. The monoisotopic (exact) mass is 237 g/mol. The van der Waals surface area contributed by atoms with Gasteiger partial charge in [-0.1, -0.05) is 18.2 Å². The number of hydrogen-bond donors (Lipinski definition) is 2. The predicted octanol–water partition coefficient (Wildman–Crippen LogP) is 2.11. The number of aliphatic hydroxyl groups excluding tert-OH is 1. The van der Waals surface area contributed by atoms with Crippen molar-refractivity contribution >= 4 is 11.6 Å². The van der Waals surface area contributed by atoms with Crippen molar-refractivity contribution in [3.8, 4) is 0 Å². The van der Waals surface area contributed by atoms with Crippen LogP contribution in [0.2, 0.25) is 0 Å². The molecule has 0 spiro atoms. The van der Waals surface area contributed by atoms with Gasteiger partial charge in [0.1, 0.15) is 0 Å². The van der Waals surface area contributed by atoms with E-state index in [9.17, 15) is 9.90 Å². The molecule has 0 heterocycles. The summed E-state index contributed by atoms with van der Waals surface area (Å²) < 4.78 is 5.11. The number of benzene rings is 1. The fourth-order valence-electron chi connectivity index (χ4n) is 1.50. The van der Waals surface area contributed by atoms with Crippen molar-refractivity contribution in [1.82, 2.24) is 0 Å². The van der Waals surface area contributed by atoms with Crippen molar-refractivity contribution in [2.24, 2.45) is 0 Å². The molecule has 1 aromatic rings. The maximum Gasteiger partial charge on any atom is 0.226 e. The molecule has 0 bridgehead atoms. The van der Waals surface area contributed by atoms with Gasteiger partial charge in [-0.2, -0.15) is 0 Å². The van der Waals surface area contributed by atoms with E-state index in [1.807, 2.05) is 19.1 Å². The van der Waals surface area contributed by atoms with Crippen LogP contribution in [-0.2, 0) is 9.53 Å². The van der Waals surface area contributed by atoms with Gasteiger partial charge < -0.3 is 15.2 Å². The molecule has 94 valence electrons. The van der Waals surface area contributed by atoms with Crippen molar-refractivity contribution in [3.63, 3.8) is 0 Å². The highest BCUT2D eigenvalue weighted by Crippen LogP contribution is 2.22. The minimum atomic E-state index is -0.599. The van der Waals surface area contributed by atoms with E-state index >= 15 is 0 Å². The molecule has 1 amide bonds. The minimum absolute atomic E-state index is 0.105. The third-order valence-electron chi connectivity index (χ3n) is 2.36. The number of para-hydroxylation sites is 1. The van der Waals surface area contributed by atoms with E-state index in [4.69, 9.17) is 4.74 Å². The molecule has 4 nitrogen and oxygen atoms in total. The first kappa shape index (κ1) is 13.7. The number of carbonyl (C=O) groups excluding carboxylic acids is 1. The number of anilines is 1. The summed E-state index contributed by atoms with van der Waals surface area (Å²) in [7, 11) is 0. The Kier molecular flexibility index (Phi) is 5.66. The Hall–Kier alpha value is -1.39. The molecule has 1 unspecified atom stereocenters. The van der Waals surface area contributed by atoms with Crippen molar-refractivity contribution in [3.05, 3.63) is 29.8 Å². The molecule has 0 radical (unpaired) electrons. The zero-order chi connectivity index (χ0) is 12.7. The zero-order valence-corrected chi connectivity index (χ0v) is 10.3. The largest absolute Gasteiger partial charge is 0.389 e. The highest BCUT2D eigenvalue weighted by Gasteiger charge is 2.09. The molecule has 1 aromatic carbocycles. The Morgan fingerprint density at radius 3 is 2.82 bits per heavy atom. The van der Waals surface area contributed by atoms with Crippen LogP contribution in [0.15, 0.2) is 24.3 Å². The smallest absolute Gasteiger partial charge is 0.226 e. The van der Waals surface area contributed by atoms with E-state index in [0.29, 0.717) is 25.3 Å².